The van der Waals surface area contributed by atoms with E-state index >= 15 is 0 Å². The van der Waals surface area contributed by atoms with Crippen molar-refractivity contribution in [2.75, 3.05) is 5.32 Å². The number of nitrogens with one attached hydrogen (secondary N) is 1. The number of nitrogens with zero attached hydrogens (tertiary/aromatic N) is 4. The molecule has 0 amide bonds. The smallest absolute Gasteiger partial charge is 0.175 e. The van der Waals surface area contributed by atoms with Gasteiger partial charge < -0.3 is 5.32 Å². The molecule has 1 N–H and O–H groups in total. The van der Waals surface area contributed by atoms with E-state index in [1.54, 1.807) is 4.68 Å². The first-order chi connectivity index (χ1) is 11.1. The molecular formula is C18H21N5. The van der Waals surface area contributed by atoms with Crippen LogP contribution >= 0.6 is 0 Å². The Labute approximate surface area is 136 Å². The van der Waals surface area contributed by atoms with Gasteiger partial charge in [-0.15, -0.1) is 10.2 Å². The first kappa shape index (κ1) is 15.2. The summed E-state index contributed by atoms with van der Waals surface area (Å²) in [6.45, 7) is 6.34. The van der Waals surface area contributed by atoms with Gasteiger partial charge in [0.2, 0.25) is 0 Å². The van der Waals surface area contributed by atoms with Crippen molar-refractivity contribution in [2.24, 2.45) is 5.92 Å². The second kappa shape index (κ2) is 6.60. The zero-order valence-corrected chi connectivity index (χ0v) is 13.6. The van der Waals surface area contributed by atoms with E-state index in [0.717, 1.165) is 11.5 Å². The molecule has 0 saturated carbocycles. The van der Waals surface area contributed by atoms with Gasteiger partial charge >= 0.3 is 0 Å². The van der Waals surface area contributed by atoms with Crippen molar-refractivity contribution >= 4 is 5.82 Å². The van der Waals surface area contributed by atoms with Crippen molar-refractivity contribution < 1.29 is 0 Å². The van der Waals surface area contributed by atoms with Crippen LogP contribution in [-0.4, -0.2) is 20.0 Å². The highest BCUT2D eigenvalue weighted by molar-refractivity contribution is 5.40. The third-order valence-electron chi connectivity index (χ3n) is 3.74. The first-order valence-corrected chi connectivity index (χ1v) is 7.81. The van der Waals surface area contributed by atoms with Gasteiger partial charge in [-0.1, -0.05) is 44.2 Å². The lowest BCUT2D eigenvalue weighted by Gasteiger charge is -2.23. The van der Waals surface area contributed by atoms with Gasteiger partial charge in [-0.3, -0.25) is 0 Å². The molecule has 0 aliphatic heterocycles. The molecule has 0 fully saturated rings. The number of rotatable bonds is 5. The number of benzene rings is 1. The Balaban J connectivity index is 1.79. The number of anilines is 1. The van der Waals surface area contributed by atoms with Gasteiger partial charge in [-0.25, -0.2) is 4.68 Å². The van der Waals surface area contributed by atoms with Crippen LogP contribution in [0.25, 0.3) is 5.82 Å². The number of hydrogen-bond donors (Lipinski definition) is 1. The number of aryl methyl sites for hydroxylation is 1. The van der Waals surface area contributed by atoms with Crippen molar-refractivity contribution in [2.45, 2.75) is 26.8 Å². The highest BCUT2D eigenvalue weighted by Gasteiger charge is 2.16. The van der Waals surface area contributed by atoms with Crippen LogP contribution in [0.2, 0.25) is 0 Å². The molecule has 1 unspecified atom stereocenters. The third kappa shape index (κ3) is 3.56. The Morgan fingerprint density at radius 2 is 1.74 bits per heavy atom. The van der Waals surface area contributed by atoms with Crippen LogP contribution in [0.4, 0.5) is 5.82 Å². The van der Waals surface area contributed by atoms with Crippen LogP contribution in [0.1, 0.15) is 31.1 Å². The summed E-state index contributed by atoms with van der Waals surface area (Å²) in [6, 6.07) is 16.4. The van der Waals surface area contributed by atoms with E-state index in [1.165, 1.54) is 5.56 Å². The van der Waals surface area contributed by atoms with Crippen molar-refractivity contribution in [3.8, 4) is 5.82 Å². The Morgan fingerprint density at radius 1 is 0.957 bits per heavy atom. The highest BCUT2D eigenvalue weighted by Crippen LogP contribution is 2.25. The van der Waals surface area contributed by atoms with Gasteiger partial charge in [0, 0.05) is 6.20 Å². The molecule has 3 aromatic rings. The van der Waals surface area contributed by atoms with Gasteiger partial charge in [-0.05, 0) is 36.6 Å². The van der Waals surface area contributed by atoms with E-state index in [9.17, 15) is 0 Å². The van der Waals surface area contributed by atoms with Crippen LogP contribution in [-0.2, 0) is 0 Å². The number of aromatic nitrogens is 4. The van der Waals surface area contributed by atoms with Crippen LogP contribution in [0.3, 0.4) is 0 Å². The maximum absolute atomic E-state index is 4.34. The number of hydrogen-bond acceptors (Lipinski definition) is 4. The Hall–Kier alpha value is -2.69. The van der Waals surface area contributed by atoms with E-state index in [0.29, 0.717) is 11.7 Å². The summed E-state index contributed by atoms with van der Waals surface area (Å²) in [7, 11) is 0. The molecule has 5 nitrogen and oxygen atoms in total. The normalized spacial score (nSPS) is 12.3. The van der Waals surface area contributed by atoms with Gasteiger partial charge in [0.25, 0.3) is 0 Å². The van der Waals surface area contributed by atoms with Gasteiger partial charge in [0.15, 0.2) is 5.82 Å². The molecule has 0 bridgehead atoms. The lowest BCUT2D eigenvalue weighted by Crippen LogP contribution is -2.18. The van der Waals surface area contributed by atoms with E-state index in [2.05, 4.69) is 58.7 Å². The van der Waals surface area contributed by atoms with Crippen molar-refractivity contribution in [3.05, 3.63) is 66.0 Å². The van der Waals surface area contributed by atoms with Crippen LogP contribution in [0.15, 0.2) is 54.7 Å². The predicted octanol–water partition coefficient (Wildman–Crippen LogP) is 3.78. The Morgan fingerprint density at radius 3 is 2.30 bits per heavy atom. The maximum atomic E-state index is 4.34. The van der Waals surface area contributed by atoms with Crippen molar-refractivity contribution in [1.29, 1.82) is 0 Å². The summed E-state index contributed by atoms with van der Waals surface area (Å²) in [6.07, 6.45) is 1.88. The summed E-state index contributed by atoms with van der Waals surface area (Å²) in [5.41, 5.74) is 2.20. The Bertz CT molecular complexity index is 747. The van der Waals surface area contributed by atoms with Crippen molar-refractivity contribution in [3.63, 3.8) is 0 Å². The summed E-state index contributed by atoms with van der Waals surface area (Å²) in [5, 5.41) is 16.4. The van der Waals surface area contributed by atoms with E-state index in [-0.39, 0.29) is 6.04 Å². The fourth-order valence-corrected chi connectivity index (χ4v) is 2.52. The lowest BCUT2D eigenvalue weighted by atomic mass is 9.96. The van der Waals surface area contributed by atoms with E-state index in [1.807, 2.05) is 37.4 Å². The van der Waals surface area contributed by atoms with E-state index < -0.39 is 0 Å². The fourth-order valence-electron chi connectivity index (χ4n) is 2.52. The molecule has 0 saturated heterocycles. The molecule has 2 aromatic heterocycles. The SMILES string of the molecule is Cc1ccn(-c2ccc(NC(c3ccccc3)C(C)C)nn2)n1. The minimum absolute atomic E-state index is 0.197. The second-order valence-corrected chi connectivity index (χ2v) is 5.96. The minimum Gasteiger partial charge on any atom is -0.362 e. The average molecular weight is 307 g/mol. The molecule has 2 heterocycles. The lowest BCUT2D eigenvalue weighted by molar-refractivity contribution is 0.544. The summed E-state index contributed by atoms with van der Waals surface area (Å²) < 4.78 is 1.73. The van der Waals surface area contributed by atoms with Gasteiger partial charge in [-0.2, -0.15) is 5.10 Å². The van der Waals surface area contributed by atoms with Gasteiger partial charge in [0.1, 0.15) is 5.82 Å². The third-order valence-corrected chi connectivity index (χ3v) is 3.74. The topological polar surface area (TPSA) is 55.6 Å². The molecule has 5 heteroatoms. The Kier molecular flexibility index (Phi) is 4.37. The van der Waals surface area contributed by atoms with Crippen LogP contribution in [0.5, 0.6) is 0 Å². The predicted molar refractivity (Wildman–Crippen MR) is 91.5 cm³/mol. The summed E-state index contributed by atoms with van der Waals surface area (Å²) >= 11 is 0. The fraction of sp³-hybridized carbons (Fsp3) is 0.278. The average Bonchev–Trinajstić information content (AvgIpc) is 3.00. The molecule has 3 rings (SSSR count). The van der Waals surface area contributed by atoms with Crippen molar-refractivity contribution in [1.82, 2.24) is 20.0 Å². The molecule has 1 aromatic carbocycles. The molecular weight excluding hydrogens is 286 g/mol. The van der Waals surface area contributed by atoms with Crippen LogP contribution < -0.4 is 5.32 Å². The largest absolute Gasteiger partial charge is 0.362 e. The monoisotopic (exact) mass is 307 g/mol. The summed E-state index contributed by atoms with van der Waals surface area (Å²) in [5.74, 6) is 1.91. The van der Waals surface area contributed by atoms with E-state index in [4.69, 9.17) is 0 Å². The molecule has 0 radical (unpaired) electrons. The first-order valence-electron chi connectivity index (χ1n) is 7.81. The molecule has 0 aliphatic carbocycles. The quantitative estimate of drug-likeness (QED) is 0.779. The highest BCUT2D eigenvalue weighted by atomic mass is 15.3. The van der Waals surface area contributed by atoms with Crippen LogP contribution in [0, 0.1) is 12.8 Å². The molecule has 118 valence electrons. The minimum atomic E-state index is 0.197. The zero-order chi connectivity index (χ0) is 16.2. The van der Waals surface area contributed by atoms with Gasteiger partial charge in [0.05, 0.1) is 11.7 Å². The molecule has 23 heavy (non-hydrogen) atoms. The molecule has 0 spiro atoms. The second-order valence-electron chi connectivity index (χ2n) is 5.96. The molecule has 0 aliphatic rings. The zero-order valence-electron chi connectivity index (χ0n) is 13.6. The molecule has 1 atom stereocenters. The summed E-state index contributed by atoms with van der Waals surface area (Å²) in [4.78, 5) is 0. The standard InChI is InChI=1S/C18H21N5/c1-13(2)18(15-7-5-4-6-8-15)19-16-9-10-17(21-20-16)23-12-11-14(3)22-23/h4-13,18H,1-3H3,(H,19,20). The maximum Gasteiger partial charge on any atom is 0.175 e.